The van der Waals surface area contributed by atoms with Crippen LogP contribution in [-0.4, -0.2) is 42.6 Å². The summed E-state index contributed by atoms with van der Waals surface area (Å²) in [6.45, 7) is 5.61. The molecular formula is C25H31ClN2O2. The maximum absolute atomic E-state index is 12.5. The van der Waals surface area contributed by atoms with E-state index in [4.69, 9.17) is 16.3 Å². The lowest BCUT2D eigenvalue weighted by molar-refractivity contribution is 0.130. The smallest absolute Gasteiger partial charge is 0.410 e. The Kier molecular flexibility index (Phi) is 7.94. The quantitative estimate of drug-likeness (QED) is 0.500. The second-order valence-electron chi connectivity index (χ2n) is 8.17. The number of rotatable bonds is 7. The van der Waals surface area contributed by atoms with Gasteiger partial charge < -0.3 is 9.64 Å². The van der Waals surface area contributed by atoms with Gasteiger partial charge in [-0.3, -0.25) is 4.90 Å². The van der Waals surface area contributed by atoms with E-state index in [1.165, 1.54) is 11.1 Å². The van der Waals surface area contributed by atoms with E-state index in [-0.39, 0.29) is 12.1 Å². The molecule has 5 heteroatoms. The first-order chi connectivity index (χ1) is 14.5. The predicted octanol–water partition coefficient (Wildman–Crippen LogP) is 6.11. The van der Waals surface area contributed by atoms with Gasteiger partial charge in [0, 0.05) is 31.2 Å². The first kappa shape index (κ1) is 22.4. The number of amides is 1. The molecule has 0 aromatic heterocycles. The Morgan fingerprint density at radius 3 is 2.30 bits per heavy atom. The summed E-state index contributed by atoms with van der Waals surface area (Å²) in [4.78, 5) is 16.5. The van der Waals surface area contributed by atoms with Gasteiger partial charge in [0.2, 0.25) is 0 Å². The van der Waals surface area contributed by atoms with Crippen molar-refractivity contribution >= 4 is 17.7 Å². The number of benzene rings is 2. The highest BCUT2D eigenvalue weighted by Gasteiger charge is 2.28. The van der Waals surface area contributed by atoms with Crippen LogP contribution in [0.2, 0.25) is 5.02 Å². The molecule has 4 nitrogen and oxygen atoms in total. The summed E-state index contributed by atoms with van der Waals surface area (Å²) >= 11 is 5.88. The number of ether oxygens (including phenoxy) is 1. The van der Waals surface area contributed by atoms with Gasteiger partial charge in [0.05, 0.1) is 0 Å². The molecule has 0 saturated heterocycles. The molecule has 0 atom stereocenters. The van der Waals surface area contributed by atoms with Crippen LogP contribution >= 0.6 is 11.6 Å². The minimum absolute atomic E-state index is 0.216. The van der Waals surface area contributed by atoms with Gasteiger partial charge in [-0.1, -0.05) is 41.9 Å². The molecule has 0 unspecified atom stereocenters. The third kappa shape index (κ3) is 6.10. The second-order valence-corrected chi connectivity index (χ2v) is 8.60. The SMILES string of the molecule is C=CCN(C)Cc1ccc([C@H]2CC[C@H](N(C)C(=O)Oc3ccc(Cl)cc3)CC2)cc1. The topological polar surface area (TPSA) is 32.8 Å². The molecule has 1 aliphatic rings. The van der Waals surface area contributed by atoms with E-state index in [2.05, 4.69) is 42.8 Å². The highest BCUT2D eigenvalue weighted by atomic mass is 35.5. The average molecular weight is 427 g/mol. The van der Waals surface area contributed by atoms with Gasteiger partial charge in [0.25, 0.3) is 0 Å². The number of nitrogens with zero attached hydrogens (tertiary/aromatic N) is 2. The molecule has 1 amide bonds. The Morgan fingerprint density at radius 2 is 1.70 bits per heavy atom. The molecule has 0 heterocycles. The van der Waals surface area contributed by atoms with Crippen LogP contribution in [0, 0.1) is 0 Å². The zero-order chi connectivity index (χ0) is 21.5. The summed E-state index contributed by atoms with van der Waals surface area (Å²) < 4.78 is 5.48. The largest absolute Gasteiger partial charge is 0.415 e. The Morgan fingerprint density at radius 1 is 1.07 bits per heavy atom. The number of likely N-dealkylation sites (N-methyl/N-ethyl adjacent to an activating group) is 1. The predicted molar refractivity (Wildman–Crippen MR) is 123 cm³/mol. The fourth-order valence-electron chi connectivity index (χ4n) is 4.11. The Balaban J connectivity index is 1.49. The summed E-state index contributed by atoms with van der Waals surface area (Å²) in [5.41, 5.74) is 2.72. The van der Waals surface area contributed by atoms with Crippen LogP contribution in [0.3, 0.4) is 0 Å². The van der Waals surface area contributed by atoms with Crippen molar-refractivity contribution in [1.29, 1.82) is 0 Å². The summed E-state index contributed by atoms with van der Waals surface area (Å²) in [6.07, 6.45) is 5.75. The molecule has 3 rings (SSSR count). The van der Waals surface area contributed by atoms with Crippen molar-refractivity contribution in [3.8, 4) is 5.75 Å². The first-order valence-electron chi connectivity index (χ1n) is 10.5. The van der Waals surface area contributed by atoms with E-state index in [1.54, 1.807) is 29.2 Å². The maximum atomic E-state index is 12.5. The lowest BCUT2D eigenvalue weighted by atomic mass is 9.81. The molecule has 2 aromatic carbocycles. The third-order valence-electron chi connectivity index (χ3n) is 5.90. The summed E-state index contributed by atoms with van der Waals surface area (Å²) in [5, 5.41) is 0.623. The van der Waals surface area contributed by atoms with Gasteiger partial charge in [-0.05, 0) is 74.0 Å². The Bertz CT molecular complexity index is 827. The molecule has 0 spiro atoms. The van der Waals surface area contributed by atoms with E-state index in [9.17, 15) is 4.79 Å². The maximum Gasteiger partial charge on any atom is 0.415 e. The molecule has 1 fully saturated rings. The van der Waals surface area contributed by atoms with Crippen LogP contribution in [0.25, 0.3) is 0 Å². The summed E-state index contributed by atoms with van der Waals surface area (Å²) in [5.74, 6) is 1.07. The molecule has 0 N–H and O–H groups in total. The van der Waals surface area contributed by atoms with Crippen molar-refractivity contribution in [3.63, 3.8) is 0 Å². The van der Waals surface area contributed by atoms with E-state index in [0.29, 0.717) is 16.7 Å². The molecule has 1 saturated carbocycles. The Labute approximate surface area is 185 Å². The highest BCUT2D eigenvalue weighted by Crippen LogP contribution is 2.35. The fraction of sp³-hybridized carbons (Fsp3) is 0.400. The highest BCUT2D eigenvalue weighted by molar-refractivity contribution is 6.30. The summed E-state index contributed by atoms with van der Waals surface area (Å²) in [6, 6.07) is 16.1. The molecular weight excluding hydrogens is 396 g/mol. The van der Waals surface area contributed by atoms with Crippen LogP contribution in [0.15, 0.2) is 61.2 Å². The average Bonchev–Trinajstić information content (AvgIpc) is 2.75. The fourth-order valence-corrected chi connectivity index (χ4v) is 4.24. The van der Waals surface area contributed by atoms with E-state index >= 15 is 0 Å². The van der Waals surface area contributed by atoms with Crippen LogP contribution in [0.4, 0.5) is 4.79 Å². The molecule has 160 valence electrons. The minimum Gasteiger partial charge on any atom is -0.410 e. The number of carbonyl (C=O) groups is 1. The van der Waals surface area contributed by atoms with Crippen molar-refractivity contribution in [3.05, 3.63) is 77.3 Å². The van der Waals surface area contributed by atoms with Crippen LogP contribution in [0.5, 0.6) is 5.75 Å². The van der Waals surface area contributed by atoms with Gasteiger partial charge in [0.1, 0.15) is 5.75 Å². The van der Waals surface area contributed by atoms with Gasteiger partial charge >= 0.3 is 6.09 Å². The van der Waals surface area contributed by atoms with Crippen molar-refractivity contribution in [2.75, 3.05) is 20.6 Å². The van der Waals surface area contributed by atoms with Crippen molar-refractivity contribution in [2.45, 2.75) is 44.2 Å². The molecule has 0 bridgehead atoms. The molecule has 0 radical (unpaired) electrons. The zero-order valence-corrected chi connectivity index (χ0v) is 18.6. The van der Waals surface area contributed by atoms with Gasteiger partial charge in [0.15, 0.2) is 0 Å². The number of hydrogen-bond donors (Lipinski definition) is 0. The standard InChI is InChI=1S/C25H31ClN2O2/c1-4-17-27(2)18-19-5-7-20(8-6-19)21-9-13-23(14-10-21)28(3)25(29)30-24-15-11-22(26)12-16-24/h4-8,11-12,15-16,21,23H,1,9-10,13-14,17-18H2,2-3H3/t21-,23-. The minimum atomic E-state index is -0.311. The lowest BCUT2D eigenvalue weighted by Gasteiger charge is -2.34. The van der Waals surface area contributed by atoms with Crippen molar-refractivity contribution in [1.82, 2.24) is 9.80 Å². The second kappa shape index (κ2) is 10.6. The molecule has 1 aliphatic carbocycles. The van der Waals surface area contributed by atoms with Crippen molar-refractivity contribution < 1.29 is 9.53 Å². The number of halogens is 1. The monoisotopic (exact) mass is 426 g/mol. The normalized spacial score (nSPS) is 18.8. The molecule has 30 heavy (non-hydrogen) atoms. The van der Waals surface area contributed by atoms with E-state index < -0.39 is 0 Å². The van der Waals surface area contributed by atoms with E-state index in [0.717, 1.165) is 38.8 Å². The molecule has 0 aliphatic heterocycles. The van der Waals surface area contributed by atoms with Gasteiger partial charge in [-0.2, -0.15) is 0 Å². The molecule has 2 aromatic rings. The zero-order valence-electron chi connectivity index (χ0n) is 17.9. The Hall–Kier alpha value is -2.30. The first-order valence-corrected chi connectivity index (χ1v) is 10.9. The lowest BCUT2D eigenvalue weighted by Crippen LogP contribution is -2.40. The van der Waals surface area contributed by atoms with Crippen LogP contribution in [-0.2, 0) is 6.54 Å². The van der Waals surface area contributed by atoms with Crippen LogP contribution < -0.4 is 4.74 Å². The van der Waals surface area contributed by atoms with Gasteiger partial charge in [-0.25, -0.2) is 4.79 Å². The van der Waals surface area contributed by atoms with Crippen LogP contribution in [0.1, 0.15) is 42.7 Å². The summed E-state index contributed by atoms with van der Waals surface area (Å²) in [7, 11) is 3.93. The van der Waals surface area contributed by atoms with Crippen molar-refractivity contribution in [2.24, 2.45) is 0 Å². The van der Waals surface area contributed by atoms with Gasteiger partial charge in [-0.15, -0.1) is 6.58 Å². The van der Waals surface area contributed by atoms with E-state index in [1.807, 2.05) is 13.1 Å². The number of carbonyl (C=O) groups excluding carboxylic acids is 1. The number of hydrogen-bond acceptors (Lipinski definition) is 3. The third-order valence-corrected chi connectivity index (χ3v) is 6.15.